The lowest BCUT2D eigenvalue weighted by Crippen LogP contribution is -2.27. The Morgan fingerprint density at radius 3 is 2.67 bits per heavy atom. The van der Waals surface area contributed by atoms with Crippen molar-refractivity contribution in [1.29, 1.82) is 0 Å². The molecular formula is C20H21N5O3S2. The van der Waals surface area contributed by atoms with Crippen LogP contribution in [0.1, 0.15) is 22.0 Å². The van der Waals surface area contributed by atoms with Crippen LogP contribution < -0.4 is 10.2 Å². The number of carbonyl (C=O) groups excluding carboxylic acids is 2. The zero-order valence-electron chi connectivity index (χ0n) is 17.1. The van der Waals surface area contributed by atoms with Gasteiger partial charge in [-0.3, -0.25) is 9.59 Å². The molecule has 4 rings (SSSR count). The van der Waals surface area contributed by atoms with Gasteiger partial charge in [-0.15, -0.1) is 11.3 Å². The van der Waals surface area contributed by atoms with Crippen molar-refractivity contribution in [2.45, 2.75) is 13.3 Å². The average molecular weight is 444 g/mol. The fourth-order valence-electron chi connectivity index (χ4n) is 2.89. The van der Waals surface area contributed by atoms with E-state index in [1.54, 1.807) is 44.1 Å². The van der Waals surface area contributed by atoms with E-state index in [0.717, 1.165) is 14.7 Å². The third-order valence-corrected chi connectivity index (χ3v) is 6.81. The van der Waals surface area contributed by atoms with Crippen molar-refractivity contribution in [2.75, 3.05) is 37.9 Å². The number of thiophene rings is 1. The van der Waals surface area contributed by atoms with Gasteiger partial charge in [0, 0.05) is 46.7 Å². The van der Waals surface area contributed by atoms with Crippen molar-refractivity contribution in [1.82, 2.24) is 14.9 Å². The minimum atomic E-state index is -0.184. The highest BCUT2D eigenvalue weighted by Gasteiger charge is 2.17. The molecule has 0 atom stereocenters. The number of oxazole rings is 1. The molecule has 0 fully saturated rings. The second-order valence-corrected chi connectivity index (χ2v) is 9.15. The molecular weight excluding hydrogens is 422 g/mol. The molecule has 0 aliphatic carbocycles. The maximum absolute atomic E-state index is 12.7. The second-order valence-electron chi connectivity index (χ2n) is 7.11. The molecule has 3 aromatic heterocycles. The van der Waals surface area contributed by atoms with Crippen LogP contribution in [0.2, 0.25) is 0 Å². The van der Waals surface area contributed by atoms with Gasteiger partial charge in [0.05, 0.1) is 9.58 Å². The summed E-state index contributed by atoms with van der Waals surface area (Å²) in [6.07, 6.45) is 0.430. The third kappa shape index (κ3) is 4.14. The van der Waals surface area contributed by atoms with E-state index in [4.69, 9.17) is 4.42 Å². The van der Waals surface area contributed by atoms with Crippen LogP contribution in [-0.2, 0) is 4.79 Å². The summed E-state index contributed by atoms with van der Waals surface area (Å²) in [4.78, 5) is 38.3. The average Bonchev–Trinajstić information content (AvgIpc) is 3.37. The molecule has 1 aromatic carbocycles. The molecule has 0 saturated carbocycles. The number of anilines is 2. The van der Waals surface area contributed by atoms with Crippen LogP contribution in [-0.4, -0.2) is 54.4 Å². The van der Waals surface area contributed by atoms with Crippen LogP contribution >= 0.6 is 22.7 Å². The molecule has 0 saturated heterocycles. The minimum absolute atomic E-state index is 0.0816. The number of carbonyl (C=O) groups is 2. The highest BCUT2D eigenvalue weighted by molar-refractivity contribution is 7.29. The summed E-state index contributed by atoms with van der Waals surface area (Å²) in [5, 5.41) is 3.74. The molecule has 0 bridgehead atoms. The smallest absolute Gasteiger partial charge is 0.265 e. The molecule has 3 heterocycles. The van der Waals surface area contributed by atoms with Crippen molar-refractivity contribution in [3.63, 3.8) is 0 Å². The lowest BCUT2D eigenvalue weighted by atomic mass is 10.3. The Kier molecular flexibility index (Phi) is 5.44. The Bertz CT molecular complexity index is 1210. The quantitative estimate of drug-likeness (QED) is 0.485. The van der Waals surface area contributed by atoms with Crippen LogP contribution in [0.3, 0.4) is 0 Å². The number of nitrogens with one attached hydrogen (secondary N) is 1. The molecule has 0 aliphatic heterocycles. The summed E-state index contributed by atoms with van der Waals surface area (Å²) in [7, 11) is 5.42. The topological polar surface area (TPSA) is 91.6 Å². The van der Waals surface area contributed by atoms with E-state index in [9.17, 15) is 9.59 Å². The van der Waals surface area contributed by atoms with E-state index in [1.165, 1.54) is 22.7 Å². The minimum Gasteiger partial charge on any atom is -0.441 e. The van der Waals surface area contributed by atoms with Crippen LogP contribution in [0.4, 0.5) is 10.8 Å². The van der Waals surface area contributed by atoms with Crippen LogP contribution in [0.15, 0.2) is 28.7 Å². The summed E-state index contributed by atoms with van der Waals surface area (Å²) >= 11 is 2.86. The molecule has 10 heteroatoms. The predicted molar refractivity (Wildman–Crippen MR) is 121 cm³/mol. The molecule has 4 aromatic rings. The fraction of sp³-hybridized carbons (Fsp3) is 0.300. The Hall–Kier alpha value is -2.98. The molecule has 0 spiro atoms. The van der Waals surface area contributed by atoms with E-state index in [0.29, 0.717) is 40.5 Å². The zero-order chi connectivity index (χ0) is 21.4. The van der Waals surface area contributed by atoms with Crippen LogP contribution in [0.25, 0.3) is 20.6 Å². The molecule has 2 amide bonds. The standard InChI is InChI=1S/C20H21N5O3S2/c1-11-21-13-9-12(5-6-14(13)28-11)22-18(27)15-10-16-19(29-15)23-20(30-16)25(4)8-7-17(26)24(2)3/h5-6,9-10H,7-8H2,1-4H3,(H,22,27). The van der Waals surface area contributed by atoms with Gasteiger partial charge in [-0.2, -0.15) is 0 Å². The molecule has 0 radical (unpaired) electrons. The van der Waals surface area contributed by atoms with Gasteiger partial charge in [-0.1, -0.05) is 11.3 Å². The SMILES string of the molecule is Cc1nc2cc(NC(=O)c3cc4sc(N(C)CCC(=O)N(C)C)nc4s3)ccc2o1. The first kappa shape index (κ1) is 20.3. The summed E-state index contributed by atoms with van der Waals surface area (Å²) < 4.78 is 6.41. The summed E-state index contributed by atoms with van der Waals surface area (Å²) in [6.45, 7) is 2.38. The van der Waals surface area contributed by atoms with Gasteiger partial charge in [0.1, 0.15) is 10.3 Å². The summed E-state index contributed by atoms with van der Waals surface area (Å²) in [5.74, 6) is 0.485. The Morgan fingerprint density at radius 1 is 1.13 bits per heavy atom. The molecule has 8 nitrogen and oxygen atoms in total. The molecule has 1 N–H and O–H groups in total. The summed E-state index contributed by atoms with van der Waals surface area (Å²) in [6, 6.07) is 7.23. The van der Waals surface area contributed by atoms with Crippen LogP contribution in [0.5, 0.6) is 0 Å². The van der Waals surface area contributed by atoms with Crippen molar-refractivity contribution in [3.8, 4) is 0 Å². The highest BCUT2D eigenvalue weighted by atomic mass is 32.1. The number of benzene rings is 1. The van der Waals surface area contributed by atoms with E-state index in [1.807, 2.05) is 18.0 Å². The number of fused-ring (bicyclic) bond motifs is 2. The van der Waals surface area contributed by atoms with Crippen molar-refractivity contribution < 1.29 is 14.0 Å². The van der Waals surface area contributed by atoms with Crippen LogP contribution in [0, 0.1) is 6.92 Å². The van der Waals surface area contributed by atoms with Gasteiger partial charge in [0.15, 0.2) is 16.6 Å². The number of aryl methyl sites for hydroxylation is 1. The molecule has 156 valence electrons. The third-order valence-electron chi connectivity index (χ3n) is 4.54. The van der Waals surface area contributed by atoms with Gasteiger partial charge in [-0.05, 0) is 24.3 Å². The zero-order valence-corrected chi connectivity index (χ0v) is 18.7. The monoisotopic (exact) mass is 443 g/mol. The molecule has 0 unspecified atom stereocenters. The number of rotatable bonds is 6. The first-order chi connectivity index (χ1) is 14.3. The Morgan fingerprint density at radius 2 is 1.93 bits per heavy atom. The van der Waals surface area contributed by atoms with Gasteiger partial charge in [0.2, 0.25) is 5.91 Å². The maximum atomic E-state index is 12.7. The first-order valence-electron chi connectivity index (χ1n) is 9.30. The number of amides is 2. The van der Waals surface area contributed by atoms with Gasteiger partial charge in [0.25, 0.3) is 5.91 Å². The largest absolute Gasteiger partial charge is 0.441 e. The highest BCUT2D eigenvalue weighted by Crippen LogP contribution is 2.34. The molecule has 30 heavy (non-hydrogen) atoms. The number of nitrogens with zero attached hydrogens (tertiary/aromatic N) is 4. The second kappa shape index (κ2) is 8.04. The van der Waals surface area contributed by atoms with E-state index >= 15 is 0 Å². The first-order valence-corrected chi connectivity index (χ1v) is 10.9. The van der Waals surface area contributed by atoms with Crippen molar-refractivity contribution >= 4 is 65.9 Å². The van der Waals surface area contributed by atoms with E-state index in [2.05, 4.69) is 15.3 Å². The van der Waals surface area contributed by atoms with E-state index in [-0.39, 0.29) is 11.8 Å². The number of hydrogen-bond donors (Lipinski definition) is 1. The van der Waals surface area contributed by atoms with Gasteiger partial charge >= 0.3 is 0 Å². The van der Waals surface area contributed by atoms with E-state index < -0.39 is 0 Å². The fourth-order valence-corrected chi connectivity index (χ4v) is 4.99. The normalized spacial score (nSPS) is 11.2. The Labute approximate surface area is 181 Å². The predicted octanol–water partition coefficient (Wildman–Crippen LogP) is 3.97. The maximum Gasteiger partial charge on any atom is 0.265 e. The lowest BCUT2D eigenvalue weighted by molar-refractivity contribution is -0.128. The summed E-state index contributed by atoms with van der Waals surface area (Å²) in [5.41, 5.74) is 2.06. The van der Waals surface area contributed by atoms with Gasteiger partial charge in [-0.25, -0.2) is 9.97 Å². The number of aromatic nitrogens is 2. The van der Waals surface area contributed by atoms with Crippen molar-refractivity contribution in [2.24, 2.45) is 0 Å². The lowest BCUT2D eigenvalue weighted by Gasteiger charge is -2.16. The molecule has 0 aliphatic rings. The Balaban J connectivity index is 1.44. The number of hydrogen-bond acceptors (Lipinski definition) is 8. The number of thiazole rings is 1. The van der Waals surface area contributed by atoms with Crippen molar-refractivity contribution in [3.05, 3.63) is 35.0 Å². The van der Waals surface area contributed by atoms with Gasteiger partial charge < -0.3 is 19.5 Å².